The summed E-state index contributed by atoms with van der Waals surface area (Å²) < 4.78 is 5.18. The summed E-state index contributed by atoms with van der Waals surface area (Å²) in [6, 6.07) is 7.46. The van der Waals surface area contributed by atoms with Crippen LogP contribution in [0.5, 0.6) is 0 Å². The van der Waals surface area contributed by atoms with Crippen LogP contribution in [0.25, 0.3) is 0 Å². The number of carbonyl (C=O) groups excluding carboxylic acids is 2. The molecule has 0 atom stereocenters. The zero-order valence-electron chi connectivity index (χ0n) is 15.0. The second-order valence-electron chi connectivity index (χ2n) is 7.42. The Balaban J connectivity index is 2.39. The number of amides is 2. The minimum atomic E-state index is -0.567. The lowest BCUT2D eigenvalue weighted by Gasteiger charge is -2.27. The first kappa shape index (κ1) is 20.3. The normalized spacial score (nSPS) is 11.8. The van der Waals surface area contributed by atoms with Crippen LogP contribution in [0.1, 0.15) is 46.6 Å². The number of hydrogen-bond acceptors (Lipinski definition) is 3. The molecule has 1 aromatic carbocycles. The largest absolute Gasteiger partial charge is 0.444 e. The molecule has 1 aromatic rings. The Morgan fingerprint density at radius 2 is 1.83 bits per heavy atom. The number of aryl methyl sites for hydroxylation is 1. The highest BCUT2D eigenvalue weighted by Crippen LogP contribution is 2.12. The maximum atomic E-state index is 12.1. The van der Waals surface area contributed by atoms with Gasteiger partial charge in [-0.1, -0.05) is 23.7 Å². The van der Waals surface area contributed by atoms with Crippen molar-refractivity contribution in [2.24, 2.45) is 0 Å². The van der Waals surface area contributed by atoms with Gasteiger partial charge in [-0.3, -0.25) is 4.79 Å². The van der Waals surface area contributed by atoms with E-state index in [1.165, 1.54) is 0 Å². The molecule has 0 aliphatic rings. The lowest BCUT2D eigenvalue weighted by Crippen LogP contribution is -2.52. The van der Waals surface area contributed by atoms with E-state index >= 15 is 0 Å². The van der Waals surface area contributed by atoms with Gasteiger partial charge in [0.1, 0.15) is 5.60 Å². The van der Waals surface area contributed by atoms with Gasteiger partial charge in [0, 0.05) is 18.0 Å². The maximum absolute atomic E-state index is 12.1. The predicted octanol–water partition coefficient (Wildman–Crippen LogP) is 3.69. The molecule has 24 heavy (non-hydrogen) atoms. The molecule has 0 unspecified atom stereocenters. The standard InChI is InChI=1S/C18H27ClN2O3/c1-17(2,3)24-16(23)20-12-18(4,5)21-15(22)10-9-13-7-6-8-14(19)11-13/h6-8,11H,9-10,12H2,1-5H3,(H,20,23)(H,21,22). The molecule has 134 valence electrons. The molecule has 5 nitrogen and oxygen atoms in total. The molecule has 0 aromatic heterocycles. The third kappa shape index (κ3) is 8.77. The molecule has 0 fully saturated rings. The van der Waals surface area contributed by atoms with Gasteiger partial charge in [-0.05, 0) is 58.7 Å². The second kappa shape index (κ2) is 8.38. The van der Waals surface area contributed by atoms with Crippen molar-refractivity contribution >= 4 is 23.6 Å². The van der Waals surface area contributed by atoms with Crippen LogP contribution >= 0.6 is 11.6 Å². The minimum absolute atomic E-state index is 0.0778. The molecular formula is C18H27ClN2O3. The van der Waals surface area contributed by atoms with E-state index in [9.17, 15) is 9.59 Å². The fourth-order valence-corrected chi connectivity index (χ4v) is 2.25. The van der Waals surface area contributed by atoms with Crippen LogP contribution < -0.4 is 10.6 Å². The summed E-state index contributed by atoms with van der Waals surface area (Å²) in [6.07, 6.45) is 0.474. The summed E-state index contributed by atoms with van der Waals surface area (Å²) in [7, 11) is 0. The molecule has 0 aliphatic carbocycles. The highest BCUT2D eigenvalue weighted by atomic mass is 35.5. The molecule has 1 rings (SSSR count). The van der Waals surface area contributed by atoms with Crippen LogP contribution in [0, 0.1) is 0 Å². The number of carbonyl (C=O) groups is 2. The van der Waals surface area contributed by atoms with E-state index in [2.05, 4.69) is 10.6 Å². The number of rotatable bonds is 6. The SMILES string of the molecule is CC(C)(CNC(=O)OC(C)(C)C)NC(=O)CCc1cccc(Cl)c1. The van der Waals surface area contributed by atoms with Gasteiger partial charge in [-0.15, -0.1) is 0 Å². The average Bonchev–Trinajstić information content (AvgIpc) is 2.41. The van der Waals surface area contributed by atoms with E-state index in [-0.39, 0.29) is 12.5 Å². The Kier molecular flexibility index (Phi) is 7.08. The van der Waals surface area contributed by atoms with Crippen molar-refractivity contribution in [3.05, 3.63) is 34.9 Å². The van der Waals surface area contributed by atoms with Gasteiger partial charge in [0.15, 0.2) is 0 Å². The van der Waals surface area contributed by atoms with Crippen molar-refractivity contribution in [2.45, 2.75) is 58.6 Å². The van der Waals surface area contributed by atoms with E-state index in [0.29, 0.717) is 17.9 Å². The van der Waals surface area contributed by atoms with Gasteiger partial charge in [0.25, 0.3) is 0 Å². The van der Waals surface area contributed by atoms with Crippen LogP contribution in [0.2, 0.25) is 5.02 Å². The summed E-state index contributed by atoms with van der Waals surface area (Å²) in [5.74, 6) is -0.0778. The summed E-state index contributed by atoms with van der Waals surface area (Å²) in [6.45, 7) is 9.38. The molecule has 0 radical (unpaired) electrons. The first-order valence-corrected chi connectivity index (χ1v) is 8.37. The smallest absolute Gasteiger partial charge is 0.407 e. The first-order valence-electron chi connectivity index (χ1n) is 7.99. The van der Waals surface area contributed by atoms with Crippen molar-refractivity contribution < 1.29 is 14.3 Å². The molecule has 6 heteroatoms. The molecule has 0 aliphatic heterocycles. The van der Waals surface area contributed by atoms with E-state index in [0.717, 1.165) is 5.56 Å². The third-order valence-corrected chi connectivity index (χ3v) is 3.32. The van der Waals surface area contributed by atoms with Crippen molar-refractivity contribution in [2.75, 3.05) is 6.54 Å². The summed E-state index contributed by atoms with van der Waals surface area (Å²) in [5, 5.41) is 6.25. The average molecular weight is 355 g/mol. The molecule has 2 N–H and O–H groups in total. The van der Waals surface area contributed by atoms with Crippen molar-refractivity contribution in [3.63, 3.8) is 0 Å². The molecule has 0 bridgehead atoms. The fourth-order valence-electron chi connectivity index (χ4n) is 2.04. The Morgan fingerprint density at radius 1 is 1.17 bits per heavy atom. The van der Waals surface area contributed by atoms with Crippen molar-refractivity contribution in [3.8, 4) is 0 Å². The molecule has 2 amide bonds. The minimum Gasteiger partial charge on any atom is -0.444 e. The number of nitrogens with one attached hydrogen (secondary N) is 2. The number of hydrogen-bond donors (Lipinski definition) is 2. The van der Waals surface area contributed by atoms with Crippen LogP contribution in [0.15, 0.2) is 24.3 Å². The first-order chi connectivity index (χ1) is 11.0. The van der Waals surface area contributed by atoms with E-state index in [4.69, 9.17) is 16.3 Å². The van der Waals surface area contributed by atoms with Crippen molar-refractivity contribution in [1.29, 1.82) is 0 Å². The van der Waals surface area contributed by atoms with Crippen LogP contribution in [-0.2, 0) is 16.0 Å². The van der Waals surface area contributed by atoms with Gasteiger partial charge in [-0.2, -0.15) is 0 Å². The third-order valence-electron chi connectivity index (χ3n) is 3.08. The molecular weight excluding hydrogens is 328 g/mol. The fraction of sp³-hybridized carbons (Fsp3) is 0.556. The number of ether oxygens (including phenoxy) is 1. The van der Waals surface area contributed by atoms with Gasteiger partial charge < -0.3 is 15.4 Å². The van der Waals surface area contributed by atoms with Gasteiger partial charge in [0.05, 0.1) is 5.54 Å². The van der Waals surface area contributed by atoms with E-state index in [1.807, 2.05) is 32.0 Å². The number of halogens is 1. The zero-order chi connectivity index (χ0) is 18.4. The highest BCUT2D eigenvalue weighted by molar-refractivity contribution is 6.30. The molecule has 0 saturated heterocycles. The van der Waals surface area contributed by atoms with Crippen LogP contribution in [0.3, 0.4) is 0 Å². The monoisotopic (exact) mass is 354 g/mol. The quantitative estimate of drug-likeness (QED) is 0.818. The van der Waals surface area contributed by atoms with E-state index in [1.54, 1.807) is 26.8 Å². The van der Waals surface area contributed by atoms with E-state index < -0.39 is 17.2 Å². The summed E-state index contributed by atoms with van der Waals surface area (Å²) >= 11 is 5.93. The van der Waals surface area contributed by atoms with Crippen LogP contribution in [-0.4, -0.2) is 29.7 Å². The Hall–Kier alpha value is -1.75. The summed E-state index contributed by atoms with van der Waals surface area (Å²) in [5.41, 5.74) is -0.0983. The summed E-state index contributed by atoms with van der Waals surface area (Å²) in [4.78, 5) is 23.8. The zero-order valence-corrected chi connectivity index (χ0v) is 15.8. The van der Waals surface area contributed by atoms with Gasteiger partial charge >= 0.3 is 6.09 Å². The molecule has 0 saturated carbocycles. The Labute approximate surface area is 149 Å². The Bertz CT molecular complexity index is 580. The van der Waals surface area contributed by atoms with Crippen molar-refractivity contribution in [1.82, 2.24) is 10.6 Å². The topological polar surface area (TPSA) is 67.4 Å². The maximum Gasteiger partial charge on any atom is 0.407 e. The number of alkyl carbamates (subject to hydrolysis) is 1. The molecule has 0 heterocycles. The number of benzene rings is 1. The van der Waals surface area contributed by atoms with Gasteiger partial charge in [0.2, 0.25) is 5.91 Å². The highest BCUT2D eigenvalue weighted by Gasteiger charge is 2.23. The lowest BCUT2D eigenvalue weighted by atomic mass is 10.0. The Morgan fingerprint density at radius 3 is 2.42 bits per heavy atom. The predicted molar refractivity (Wildman–Crippen MR) is 96.2 cm³/mol. The van der Waals surface area contributed by atoms with Crippen LogP contribution in [0.4, 0.5) is 4.79 Å². The lowest BCUT2D eigenvalue weighted by molar-refractivity contribution is -0.122. The van der Waals surface area contributed by atoms with Gasteiger partial charge in [-0.25, -0.2) is 4.79 Å². The second-order valence-corrected chi connectivity index (χ2v) is 7.85. The molecule has 0 spiro atoms.